The topological polar surface area (TPSA) is 110 Å². The van der Waals surface area contributed by atoms with Crippen LogP contribution in [0.2, 0.25) is 0 Å². The van der Waals surface area contributed by atoms with E-state index >= 15 is 0 Å². The highest BCUT2D eigenvalue weighted by atomic mass is 32.2. The molecule has 0 saturated heterocycles. The van der Waals surface area contributed by atoms with Crippen molar-refractivity contribution in [2.45, 2.75) is 0 Å². The molecule has 0 amide bonds. The molecule has 1 aliphatic carbocycles. The lowest BCUT2D eigenvalue weighted by atomic mass is 9.83. The van der Waals surface area contributed by atoms with Gasteiger partial charge >= 0.3 is 0 Å². The molecule has 1 unspecified atom stereocenters. The molecule has 2 aromatic rings. The number of carbonyl (C=O) groups is 2. The normalized spacial score (nSPS) is 14.3. The zero-order valence-electron chi connectivity index (χ0n) is 10.5. The summed E-state index contributed by atoms with van der Waals surface area (Å²) >= 11 is -2.84. The lowest BCUT2D eigenvalue weighted by Gasteiger charge is -2.21. The van der Waals surface area contributed by atoms with Crippen LogP contribution in [-0.4, -0.2) is 20.3 Å². The minimum atomic E-state index is -2.84. The fourth-order valence-corrected chi connectivity index (χ4v) is 2.66. The Morgan fingerprint density at radius 1 is 0.952 bits per heavy atom. The fraction of sp³-hybridized carbons (Fsp3) is 0. The monoisotopic (exact) mass is 302 g/mol. The maximum absolute atomic E-state index is 12.5. The summed E-state index contributed by atoms with van der Waals surface area (Å²) in [6, 6.07) is 8.75. The van der Waals surface area contributed by atoms with Gasteiger partial charge in [-0.3, -0.25) is 9.59 Å². The molecule has 0 aromatic heterocycles. The molecule has 0 bridgehead atoms. The summed E-state index contributed by atoms with van der Waals surface area (Å²) in [6.45, 7) is 0. The van der Waals surface area contributed by atoms with E-state index in [1.807, 2.05) is 0 Å². The van der Waals surface area contributed by atoms with E-state index in [0.29, 0.717) is 0 Å². The molecular formula is C14H8NO5S-. The van der Waals surface area contributed by atoms with Gasteiger partial charge < -0.3 is 14.5 Å². The van der Waals surface area contributed by atoms with E-state index in [4.69, 9.17) is 5.73 Å². The molecule has 1 aliphatic rings. The van der Waals surface area contributed by atoms with Crippen LogP contribution in [0.25, 0.3) is 0 Å². The minimum absolute atomic E-state index is 0.0650. The molecule has 0 aliphatic heterocycles. The second-order valence-electron chi connectivity index (χ2n) is 4.39. The van der Waals surface area contributed by atoms with Crippen molar-refractivity contribution >= 4 is 28.6 Å². The van der Waals surface area contributed by atoms with Crippen molar-refractivity contribution in [2.75, 3.05) is 5.73 Å². The maximum Gasteiger partial charge on any atom is 0.198 e. The predicted octanol–water partition coefficient (Wildman–Crippen LogP) is 1.22. The average Bonchev–Trinajstić information content (AvgIpc) is 2.44. The summed E-state index contributed by atoms with van der Waals surface area (Å²) in [5.74, 6) is -1.10. The Hall–Kier alpha value is -2.51. The van der Waals surface area contributed by atoms with Crippen LogP contribution in [0.4, 0.5) is 5.69 Å². The number of nitrogen functional groups attached to an aromatic ring is 1. The van der Waals surface area contributed by atoms with Crippen LogP contribution >= 0.6 is 0 Å². The van der Waals surface area contributed by atoms with Gasteiger partial charge in [0.05, 0.1) is 11.1 Å². The van der Waals surface area contributed by atoms with Crippen LogP contribution in [0.3, 0.4) is 0 Å². The zero-order chi connectivity index (χ0) is 15.1. The lowest BCUT2D eigenvalue weighted by Crippen LogP contribution is -2.23. The van der Waals surface area contributed by atoms with E-state index in [1.165, 1.54) is 30.3 Å². The van der Waals surface area contributed by atoms with Crippen LogP contribution in [0, 0.1) is 0 Å². The predicted molar refractivity (Wildman–Crippen MR) is 73.7 cm³/mol. The third-order valence-corrected chi connectivity index (χ3v) is 3.54. The molecule has 106 valence electrons. The fourth-order valence-electron chi connectivity index (χ4n) is 2.38. The van der Waals surface area contributed by atoms with Gasteiger partial charge in [-0.05, 0) is 12.1 Å². The third kappa shape index (κ3) is 2.03. The van der Waals surface area contributed by atoms with Gasteiger partial charge in [0.25, 0.3) is 0 Å². The smallest absolute Gasteiger partial charge is 0.198 e. The van der Waals surface area contributed by atoms with Crippen molar-refractivity contribution in [3.8, 4) is 5.75 Å². The van der Waals surface area contributed by atoms with Gasteiger partial charge in [-0.25, -0.2) is 4.21 Å². The zero-order valence-corrected chi connectivity index (χ0v) is 11.3. The van der Waals surface area contributed by atoms with E-state index in [0.717, 1.165) is 0 Å². The molecule has 2 N–H and O–H groups in total. The van der Waals surface area contributed by atoms with Crippen molar-refractivity contribution in [3.63, 3.8) is 0 Å². The molecule has 3 rings (SSSR count). The van der Waals surface area contributed by atoms with Crippen LogP contribution in [0.5, 0.6) is 5.75 Å². The standard InChI is InChI=1S/C14H9NO5S/c15-9-5-1-3-7-11(9)13(16)8-4-2-6-10(20-21(18)19)12(8)14(7)17/h1-6H,15H2,(H,18,19)/p-1. The van der Waals surface area contributed by atoms with Gasteiger partial charge in [0.15, 0.2) is 17.3 Å². The molecule has 0 heterocycles. The van der Waals surface area contributed by atoms with Gasteiger partial charge in [0, 0.05) is 16.8 Å². The van der Waals surface area contributed by atoms with Gasteiger partial charge in [-0.15, -0.1) is 0 Å². The van der Waals surface area contributed by atoms with E-state index in [2.05, 4.69) is 4.18 Å². The first kappa shape index (κ1) is 13.5. The molecule has 21 heavy (non-hydrogen) atoms. The Morgan fingerprint density at radius 2 is 1.52 bits per heavy atom. The van der Waals surface area contributed by atoms with Crippen LogP contribution < -0.4 is 9.92 Å². The van der Waals surface area contributed by atoms with E-state index < -0.39 is 22.9 Å². The van der Waals surface area contributed by atoms with Crippen molar-refractivity contribution in [2.24, 2.45) is 0 Å². The molecule has 0 saturated carbocycles. The molecule has 6 nitrogen and oxygen atoms in total. The Labute approximate surface area is 122 Å². The van der Waals surface area contributed by atoms with Gasteiger partial charge in [0.1, 0.15) is 11.4 Å². The molecule has 0 fully saturated rings. The number of fused-ring (bicyclic) bond motifs is 2. The van der Waals surface area contributed by atoms with Crippen molar-refractivity contribution in [1.29, 1.82) is 0 Å². The molecular weight excluding hydrogens is 294 g/mol. The Bertz CT molecular complexity index is 815. The highest BCUT2D eigenvalue weighted by Gasteiger charge is 2.33. The number of rotatable bonds is 2. The summed E-state index contributed by atoms with van der Waals surface area (Å²) in [5.41, 5.74) is 6.26. The second-order valence-corrected chi connectivity index (χ2v) is 4.97. The SMILES string of the molecule is Nc1cccc2c1C(=O)c1cccc(OS(=O)[O-])c1C2=O. The van der Waals surface area contributed by atoms with Crippen molar-refractivity contribution < 1.29 is 22.5 Å². The number of ketones is 2. The Morgan fingerprint density at radius 3 is 2.19 bits per heavy atom. The largest absolute Gasteiger partial charge is 0.740 e. The highest BCUT2D eigenvalue weighted by Crippen LogP contribution is 2.35. The van der Waals surface area contributed by atoms with Crippen molar-refractivity contribution in [1.82, 2.24) is 0 Å². The number of hydrogen-bond donors (Lipinski definition) is 1. The Balaban J connectivity index is 2.28. The number of hydrogen-bond acceptors (Lipinski definition) is 6. The van der Waals surface area contributed by atoms with E-state index in [9.17, 15) is 18.4 Å². The highest BCUT2D eigenvalue weighted by molar-refractivity contribution is 7.74. The summed E-state index contributed by atoms with van der Waals surface area (Å²) < 4.78 is 26.0. The van der Waals surface area contributed by atoms with E-state index in [-0.39, 0.29) is 33.7 Å². The number of carbonyl (C=O) groups excluding carboxylic acids is 2. The quantitative estimate of drug-likeness (QED) is 0.563. The molecule has 1 atom stereocenters. The Kier molecular flexibility index (Phi) is 3.08. The summed E-state index contributed by atoms with van der Waals surface area (Å²) in [5, 5.41) is 0. The van der Waals surface area contributed by atoms with Crippen LogP contribution in [0.1, 0.15) is 31.8 Å². The number of benzene rings is 2. The summed E-state index contributed by atoms with van der Waals surface area (Å²) in [6.07, 6.45) is 0. The maximum atomic E-state index is 12.5. The molecule has 0 spiro atoms. The van der Waals surface area contributed by atoms with Gasteiger partial charge in [0.2, 0.25) is 0 Å². The minimum Gasteiger partial charge on any atom is -0.740 e. The first-order valence-electron chi connectivity index (χ1n) is 5.89. The molecule has 2 aromatic carbocycles. The second kappa shape index (κ2) is 4.80. The summed E-state index contributed by atoms with van der Waals surface area (Å²) in [7, 11) is 0. The first-order valence-corrected chi connectivity index (χ1v) is 6.89. The lowest BCUT2D eigenvalue weighted by molar-refractivity contribution is 0.0978. The van der Waals surface area contributed by atoms with Gasteiger partial charge in [-0.2, -0.15) is 0 Å². The summed E-state index contributed by atoms with van der Waals surface area (Å²) in [4.78, 5) is 25.0. The average molecular weight is 302 g/mol. The number of nitrogens with two attached hydrogens (primary N) is 1. The molecule has 0 radical (unpaired) electrons. The first-order chi connectivity index (χ1) is 10.0. The number of anilines is 1. The van der Waals surface area contributed by atoms with Crippen molar-refractivity contribution in [3.05, 3.63) is 58.7 Å². The third-order valence-electron chi connectivity index (χ3n) is 3.22. The van der Waals surface area contributed by atoms with Gasteiger partial charge in [-0.1, -0.05) is 24.3 Å². The van der Waals surface area contributed by atoms with E-state index in [1.54, 1.807) is 6.07 Å². The van der Waals surface area contributed by atoms with Crippen LogP contribution in [0.15, 0.2) is 36.4 Å². The van der Waals surface area contributed by atoms with Crippen LogP contribution in [-0.2, 0) is 11.4 Å². The molecule has 7 heteroatoms.